The zero-order chi connectivity index (χ0) is 20.1. The first-order chi connectivity index (χ1) is 13.5. The summed E-state index contributed by atoms with van der Waals surface area (Å²) >= 11 is 1.17. The maximum absolute atomic E-state index is 12.8. The molecule has 28 heavy (non-hydrogen) atoms. The van der Waals surface area contributed by atoms with Crippen LogP contribution in [-0.2, 0) is 4.79 Å². The molecule has 0 aliphatic heterocycles. The molecule has 0 atom stereocenters. The summed E-state index contributed by atoms with van der Waals surface area (Å²) in [4.78, 5) is 28.3. The normalized spacial score (nSPS) is 10.7. The molecule has 1 aromatic carbocycles. The first kappa shape index (κ1) is 19.7. The highest BCUT2D eigenvalue weighted by Gasteiger charge is 2.13. The van der Waals surface area contributed by atoms with Gasteiger partial charge in [0.15, 0.2) is 5.13 Å². The van der Waals surface area contributed by atoms with Gasteiger partial charge in [0.05, 0.1) is 17.8 Å². The van der Waals surface area contributed by atoms with Crippen LogP contribution in [0.15, 0.2) is 48.1 Å². The smallest absolute Gasteiger partial charge is 0.263 e. The van der Waals surface area contributed by atoms with E-state index in [0.29, 0.717) is 22.0 Å². The van der Waals surface area contributed by atoms with E-state index in [1.807, 2.05) is 6.82 Å². The Morgan fingerprint density at radius 3 is 2.86 bits per heavy atom. The number of nitrogens with zero attached hydrogens (tertiary/aromatic N) is 2. The molecule has 1 radical (unpaired) electrons. The number of anilines is 1. The monoisotopic (exact) mass is 401 g/mol. The van der Waals surface area contributed by atoms with Crippen LogP contribution in [0.5, 0.6) is 0 Å². The number of hydrogen-bond acceptors (Lipinski definition) is 4. The van der Waals surface area contributed by atoms with Crippen molar-refractivity contribution in [3.8, 4) is 11.3 Å². The van der Waals surface area contributed by atoms with Crippen LogP contribution in [0, 0.1) is 0 Å². The van der Waals surface area contributed by atoms with E-state index in [0.717, 1.165) is 0 Å². The lowest BCUT2D eigenvalue weighted by molar-refractivity contribution is -0.115. The van der Waals surface area contributed by atoms with Gasteiger partial charge in [0.2, 0.25) is 13.3 Å². The van der Waals surface area contributed by atoms with E-state index in [1.165, 1.54) is 29.5 Å². The number of halogens is 2. The number of amides is 2. The molecule has 0 spiro atoms. The van der Waals surface area contributed by atoms with Crippen LogP contribution in [0.2, 0.25) is 6.82 Å². The van der Waals surface area contributed by atoms with Gasteiger partial charge >= 0.3 is 0 Å². The molecule has 2 heterocycles. The maximum atomic E-state index is 12.8. The molecule has 2 aromatic heterocycles. The predicted molar refractivity (Wildman–Crippen MR) is 105 cm³/mol. The highest BCUT2D eigenvalue weighted by atomic mass is 32.1. The Balaban J connectivity index is 1.56. The Morgan fingerprint density at radius 2 is 2.14 bits per heavy atom. The second-order valence-corrected chi connectivity index (χ2v) is 6.66. The zero-order valence-corrected chi connectivity index (χ0v) is 15.7. The van der Waals surface area contributed by atoms with E-state index in [-0.39, 0.29) is 18.0 Å². The molecule has 0 fully saturated rings. The molecule has 143 valence electrons. The second kappa shape index (κ2) is 8.79. The van der Waals surface area contributed by atoms with Gasteiger partial charge in [-0.05, 0) is 18.3 Å². The van der Waals surface area contributed by atoms with Crippen molar-refractivity contribution in [1.82, 2.24) is 14.8 Å². The summed E-state index contributed by atoms with van der Waals surface area (Å²) in [5.41, 5.74) is 1.39. The average molecular weight is 401 g/mol. The molecule has 6 nitrogen and oxygen atoms in total. The Kier molecular flexibility index (Phi) is 6.20. The third kappa shape index (κ3) is 4.83. The summed E-state index contributed by atoms with van der Waals surface area (Å²) in [6, 6.07) is 7.57. The van der Waals surface area contributed by atoms with Crippen molar-refractivity contribution in [3.63, 3.8) is 0 Å². The molecule has 10 heteroatoms. The first-order valence-corrected chi connectivity index (χ1v) is 9.23. The van der Waals surface area contributed by atoms with Crippen LogP contribution in [0.3, 0.4) is 0 Å². The van der Waals surface area contributed by atoms with Crippen molar-refractivity contribution in [2.75, 3.05) is 11.9 Å². The summed E-state index contributed by atoms with van der Waals surface area (Å²) in [5.74, 6) is -0.795. The largest absolute Gasteiger partial charge is 0.402 e. The number of nitrogens with one attached hydrogen (secondary N) is 2. The molecule has 2 N–H and O–H groups in total. The molecule has 0 aliphatic carbocycles. The molecular weight excluding hydrogens is 385 g/mol. The number of alkyl halides is 2. The summed E-state index contributed by atoms with van der Waals surface area (Å²) in [6.45, 7) is 1.62. The molecule has 0 aliphatic rings. The summed E-state index contributed by atoms with van der Waals surface area (Å²) in [5, 5.41) is 7.11. The predicted octanol–water partition coefficient (Wildman–Crippen LogP) is 3.43. The van der Waals surface area contributed by atoms with Gasteiger partial charge < -0.3 is 15.1 Å². The Hall–Kier alpha value is -3.01. The van der Waals surface area contributed by atoms with E-state index in [1.54, 1.807) is 41.8 Å². The first-order valence-electron chi connectivity index (χ1n) is 8.35. The Labute approximate surface area is 164 Å². The van der Waals surface area contributed by atoms with Crippen LogP contribution in [0.4, 0.5) is 13.9 Å². The van der Waals surface area contributed by atoms with Crippen molar-refractivity contribution in [2.24, 2.45) is 0 Å². The molecule has 0 saturated carbocycles. The van der Waals surface area contributed by atoms with Gasteiger partial charge in [-0.15, -0.1) is 11.3 Å². The van der Waals surface area contributed by atoms with Gasteiger partial charge in [-0.1, -0.05) is 25.0 Å². The number of carbonyl (C=O) groups excluding carboxylic acids is 2. The van der Waals surface area contributed by atoms with Crippen molar-refractivity contribution in [1.29, 1.82) is 0 Å². The molecule has 0 bridgehead atoms. The quantitative estimate of drug-likeness (QED) is 0.596. The van der Waals surface area contributed by atoms with Gasteiger partial charge in [0, 0.05) is 22.7 Å². The fourth-order valence-corrected chi connectivity index (χ4v) is 3.17. The van der Waals surface area contributed by atoms with Crippen molar-refractivity contribution in [2.45, 2.75) is 13.2 Å². The molecule has 0 saturated heterocycles. The third-order valence-corrected chi connectivity index (χ3v) is 4.63. The molecule has 3 rings (SSSR count). The van der Waals surface area contributed by atoms with Gasteiger partial charge in [0.25, 0.3) is 12.3 Å². The molecule has 0 unspecified atom stereocenters. The lowest BCUT2D eigenvalue weighted by atomic mass is 10.0. The fraction of sp³-hybridized carbons (Fsp3) is 0.167. The van der Waals surface area contributed by atoms with Crippen LogP contribution < -0.4 is 10.6 Å². The topological polar surface area (TPSA) is 76.0 Å². The van der Waals surface area contributed by atoms with E-state index in [4.69, 9.17) is 0 Å². The van der Waals surface area contributed by atoms with Gasteiger partial charge in [0.1, 0.15) is 0 Å². The Morgan fingerprint density at radius 1 is 1.32 bits per heavy atom. The molecular formula is C18H16BF2N4O2S. The van der Waals surface area contributed by atoms with Gasteiger partial charge in [-0.3, -0.25) is 9.59 Å². The Bertz CT molecular complexity index is 989. The van der Waals surface area contributed by atoms with E-state index in [2.05, 4.69) is 15.6 Å². The van der Waals surface area contributed by atoms with Gasteiger partial charge in [-0.25, -0.2) is 13.8 Å². The number of thiazole rings is 1. The summed E-state index contributed by atoms with van der Waals surface area (Å²) in [6.07, 6.45) is 0.816. The standard InChI is InChI=1S/C18H16BF2N4O2S/c1-19-25-6-5-13(9-25)17(27)22-8-15(26)24-18-23-14(10-28-18)11-3-2-4-12(7-11)16(20)21/h2-7,9-10,16H,8H2,1H3,(H,22,27)(H,23,24,26). The van der Waals surface area contributed by atoms with Crippen molar-refractivity contribution < 1.29 is 18.4 Å². The number of hydrogen-bond donors (Lipinski definition) is 2. The second-order valence-electron chi connectivity index (χ2n) is 5.80. The van der Waals surface area contributed by atoms with Crippen LogP contribution in [0.1, 0.15) is 22.3 Å². The maximum Gasteiger partial charge on any atom is 0.263 e. The van der Waals surface area contributed by atoms with E-state index in [9.17, 15) is 18.4 Å². The van der Waals surface area contributed by atoms with Crippen molar-refractivity contribution >= 4 is 35.7 Å². The fourth-order valence-electron chi connectivity index (χ4n) is 2.43. The SMILES string of the molecule is C[B]n1ccc(C(=O)NCC(=O)Nc2nc(-c3cccc(C(F)F)c3)cs2)c1. The lowest BCUT2D eigenvalue weighted by Crippen LogP contribution is -2.32. The minimum absolute atomic E-state index is 0.0895. The minimum Gasteiger partial charge on any atom is -0.402 e. The minimum atomic E-state index is -2.56. The number of rotatable bonds is 7. The number of aromatic nitrogens is 2. The zero-order valence-electron chi connectivity index (χ0n) is 14.9. The van der Waals surface area contributed by atoms with Crippen LogP contribution in [0.25, 0.3) is 11.3 Å². The van der Waals surface area contributed by atoms with Gasteiger partial charge in [-0.2, -0.15) is 0 Å². The molecule has 2 amide bonds. The lowest BCUT2D eigenvalue weighted by Gasteiger charge is -2.04. The van der Waals surface area contributed by atoms with Crippen molar-refractivity contribution in [3.05, 3.63) is 59.2 Å². The van der Waals surface area contributed by atoms with E-state index >= 15 is 0 Å². The van der Waals surface area contributed by atoms with Crippen LogP contribution in [-0.4, -0.2) is 35.2 Å². The highest BCUT2D eigenvalue weighted by Crippen LogP contribution is 2.28. The molecule has 3 aromatic rings. The highest BCUT2D eigenvalue weighted by molar-refractivity contribution is 7.14. The number of benzene rings is 1. The number of carbonyl (C=O) groups is 2. The third-order valence-electron chi connectivity index (χ3n) is 3.87. The summed E-state index contributed by atoms with van der Waals surface area (Å²) in [7, 11) is 1.79. The summed E-state index contributed by atoms with van der Waals surface area (Å²) < 4.78 is 27.4. The average Bonchev–Trinajstić information content (AvgIpc) is 3.35. The van der Waals surface area contributed by atoms with E-state index < -0.39 is 12.3 Å². The van der Waals surface area contributed by atoms with Crippen LogP contribution >= 0.6 is 11.3 Å².